The summed E-state index contributed by atoms with van der Waals surface area (Å²) in [5.74, 6) is -2.42. The van der Waals surface area contributed by atoms with Crippen molar-refractivity contribution >= 4 is 11.7 Å². The highest BCUT2D eigenvalue weighted by Gasteiger charge is 2.14. The highest BCUT2D eigenvalue weighted by atomic mass is 19.1. The Kier molecular flexibility index (Phi) is 6.94. The number of nitrogens with one attached hydrogen (secondary N) is 2. The van der Waals surface area contributed by atoms with Crippen molar-refractivity contribution < 1.29 is 18.4 Å². The molecule has 0 spiro atoms. The van der Waals surface area contributed by atoms with Crippen LogP contribution in [0.25, 0.3) is 0 Å². The lowest BCUT2D eigenvalue weighted by atomic mass is 10.1. The Morgan fingerprint density at radius 1 is 1.24 bits per heavy atom. The molecule has 0 aliphatic carbocycles. The van der Waals surface area contributed by atoms with Crippen LogP contribution in [0.2, 0.25) is 0 Å². The minimum Gasteiger partial charge on any atom is -0.355 e. The molecule has 0 aromatic heterocycles. The first-order valence-corrected chi connectivity index (χ1v) is 6.92. The number of benzene rings is 1. The van der Waals surface area contributed by atoms with Crippen molar-refractivity contribution in [2.75, 3.05) is 13.1 Å². The number of ketones is 1. The van der Waals surface area contributed by atoms with Crippen molar-refractivity contribution in [2.45, 2.75) is 32.7 Å². The number of hydrogen-bond acceptors (Lipinski definition) is 3. The molecule has 6 heteroatoms. The minimum absolute atomic E-state index is 0.0194. The lowest BCUT2D eigenvalue weighted by molar-refractivity contribution is -0.121. The van der Waals surface area contributed by atoms with Gasteiger partial charge >= 0.3 is 0 Å². The second kappa shape index (κ2) is 8.46. The molecule has 0 heterocycles. The highest BCUT2D eigenvalue weighted by Crippen LogP contribution is 2.12. The van der Waals surface area contributed by atoms with E-state index >= 15 is 0 Å². The molecular weight excluding hydrogens is 278 g/mol. The molecule has 0 aliphatic rings. The molecule has 1 atom stereocenters. The quantitative estimate of drug-likeness (QED) is 0.722. The second-order valence-corrected chi connectivity index (χ2v) is 4.81. The lowest BCUT2D eigenvalue weighted by Crippen LogP contribution is -2.38. The zero-order chi connectivity index (χ0) is 15.8. The number of carbonyl (C=O) groups excluding carboxylic acids is 2. The van der Waals surface area contributed by atoms with E-state index in [0.717, 1.165) is 18.7 Å². The summed E-state index contributed by atoms with van der Waals surface area (Å²) >= 11 is 0. The number of rotatable bonds is 8. The third-order valence-corrected chi connectivity index (χ3v) is 2.97. The van der Waals surface area contributed by atoms with Crippen LogP contribution in [0.15, 0.2) is 18.2 Å². The summed E-state index contributed by atoms with van der Waals surface area (Å²) in [5.41, 5.74) is -0.190. The first-order chi connectivity index (χ1) is 9.93. The minimum atomic E-state index is -0.902. The Labute approximate surface area is 122 Å². The first-order valence-electron chi connectivity index (χ1n) is 6.92. The van der Waals surface area contributed by atoms with Crippen LogP contribution in [0.3, 0.4) is 0 Å². The van der Waals surface area contributed by atoms with Crippen LogP contribution in [0.5, 0.6) is 0 Å². The number of likely N-dealkylation sites (N-methyl/N-ethyl adjacent to an activating group) is 1. The second-order valence-electron chi connectivity index (χ2n) is 4.81. The van der Waals surface area contributed by atoms with Gasteiger partial charge in [0.2, 0.25) is 5.91 Å². The molecule has 0 saturated heterocycles. The van der Waals surface area contributed by atoms with Crippen LogP contribution < -0.4 is 10.6 Å². The molecule has 1 amide bonds. The van der Waals surface area contributed by atoms with Gasteiger partial charge in [-0.3, -0.25) is 9.59 Å². The Hall–Kier alpha value is -1.82. The largest absolute Gasteiger partial charge is 0.355 e. The van der Waals surface area contributed by atoms with Gasteiger partial charge < -0.3 is 10.6 Å². The van der Waals surface area contributed by atoms with E-state index in [4.69, 9.17) is 0 Å². The summed E-state index contributed by atoms with van der Waals surface area (Å²) < 4.78 is 26.1. The normalized spacial score (nSPS) is 12.0. The standard InChI is InChI=1S/C15H20F2N2O2/c1-3-18-10(2)9-19-15(21)7-6-14(20)12-5-4-11(16)8-13(12)17/h4-5,8,10,18H,3,6-7,9H2,1-2H3,(H,19,21)/t10-/m1/s1. The van der Waals surface area contributed by atoms with Crippen molar-refractivity contribution in [1.82, 2.24) is 10.6 Å². The first kappa shape index (κ1) is 17.2. The topological polar surface area (TPSA) is 58.2 Å². The van der Waals surface area contributed by atoms with Gasteiger partial charge in [0, 0.05) is 31.5 Å². The van der Waals surface area contributed by atoms with Crippen molar-refractivity contribution in [3.05, 3.63) is 35.4 Å². The number of hydrogen-bond donors (Lipinski definition) is 2. The van der Waals surface area contributed by atoms with E-state index < -0.39 is 17.4 Å². The fraction of sp³-hybridized carbons (Fsp3) is 0.467. The molecule has 116 valence electrons. The number of Topliss-reactive ketones (excluding diaryl/α,β-unsaturated/α-hetero) is 1. The van der Waals surface area contributed by atoms with Gasteiger partial charge in [-0.05, 0) is 25.6 Å². The van der Waals surface area contributed by atoms with Crippen LogP contribution in [0.1, 0.15) is 37.0 Å². The molecule has 2 N–H and O–H groups in total. The fourth-order valence-corrected chi connectivity index (χ4v) is 1.85. The Morgan fingerprint density at radius 3 is 2.57 bits per heavy atom. The van der Waals surface area contributed by atoms with Crippen molar-refractivity contribution in [3.8, 4) is 0 Å². The molecule has 1 rings (SSSR count). The highest BCUT2D eigenvalue weighted by molar-refractivity contribution is 5.98. The Morgan fingerprint density at radius 2 is 1.95 bits per heavy atom. The van der Waals surface area contributed by atoms with Gasteiger partial charge in [-0.1, -0.05) is 6.92 Å². The molecule has 0 bridgehead atoms. The molecule has 0 saturated carbocycles. The molecule has 21 heavy (non-hydrogen) atoms. The summed E-state index contributed by atoms with van der Waals surface area (Å²) in [6, 6.07) is 2.92. The third kappa shape index (κ3) is 5.99. The molecule has 0 aliphatic heterocycles. The molecular formula is C15H20F2N2O2. The maximum absolute atomic E-state index is 13.4. The lowest BCUT2D eigenvalue weighted by Gasteiger charge is -2.13. The van der Waals surface area contributed by atoms with Crippen molar-refractivity contribution in [3.63, 3.8) is 0 Å². The van der Waals surface area contributed by atoms with Crippen molar-refractivity contribution in [1.29, 1.82) is 0 Å². The molecule has 0 unspecified atom stereocenters. The predicted octanol–water partition coefficient (Wildman–Crippen LogP) is 2.04. The predicted molar refractivity (Wildman–Crippen MR) is 76.1 cm³/mol. The smallest absolute Gasteiger partial charge is 0.220 e. The van der Waals surface area contributed by atoms with Crippen LogP contribution in [-0.4, -0.2) is 30.8 Å². The van der Waals surface area contributed by atoms with Gasteiger partial charge in [0.25, 0.3) is 0 Å². The van der Waals surface area contributed by atoms with Crippen LogP contribution in [0, 0.1) is 11.6 Å². The average Bonchev–Trinajstić information content (AvgIpc) is 2.43. The molecule has 1 aromatic carbocycles. The fourth-order valence-electron chi connectivity index (χ4n) is 1.85. The zero-order valence-electron chi connectivity index (χ0n) is 12.2. The van der Waals surface area contributed by atoms with Gasteiger partial charge in [0.1, 0.15) is 11.6 Å². The summed E-state index contributed by atoms with van der Waals surface area (Å²) in [6.45, 7) is 5.17. The molecule has 0 radical (unpaired) electrons. The number of carbonyl (C=O) groups is 2. The van der Waals surface area contributed by atoms with Gasteiger partial charge in [0.15, 0.2) is 5.78 Å². The third-order valence-electron chi connectivity index (χ3n) is 2.97. The molecule has 4 nitrogen and oxygen atoms in total. The van der Waals surface area contributed by atoms with Gasteiger partial charge in [0.05, 0.1) is 5.56 Å². The van der Waals surface area contributed by atoms with E-state index in [0.29, 0.717) is 12.6 Å². The SMILES string of the molecule is CCN[C@H](C)CNC(=O)CCC(=O)c1ccc(F)cc1F. The Bertz CT molecular complexity index is 506. The van der Waals surface area contributed by atoms with Gasteiger partial charge in [-0.2, -0.15) is 0 Å². The number of halogens is 2. The average molecular weight is 298 g/mol. The zero-order valence-corrected chi connectivity index (χ0v) is 12.2. The Balaban J connectivity index is 2.40. The summed E-state index contributed by atoms with van der Waals surface area (Å²) in [4.78, 5) is 23.3. The summed E-state index contributed by atoms with van der Waals surface area (Å²) in [5, 5.41) is 5.83. The van der Waals surface area contributed by atoms with Crippen LogP contribution >= 0.6 is 0 Å². The van der Waals surface area contributed by atoms with E-state index in [1.807, 2.05) is 13.8 Å². The van der Waals surface area contributed by atoms with E-state index in [1.165, 1.54) is 0 Å². The summed E-state index contributed by atoms with van der Waals surface area (Å²) in [7, 11) is 0. The van der Waals surface area contributed by atoms with Gasteiger partial charge in [-0.15, -0.1) is 0 Å². The molecule has 1 aromatic rings. The van der Waals surface area contributed by atoms with Crippen LogP contribution in [0.4, 0.5) is 8.78 Å². The maximum Gasteiger partial charge on any atom is 0.220 e. The maximum atomic E-state index is 13.4. The van der Waals surface area contributed by atoms with E-state index in [1.54, 1.807) is 0 Å². The van der Waals surface area contributed by atoms with Crippen molar-refractivity contribution in [2.24, 2.45) is 0 Å². The van der Waals surface area contributed by atoms with Gasteiger partial charge in [-0.25, -0.2) is 8.78 Å². The van der Waals surface area contributed by atoms with E-state index in [2.05, 4.69) is 10.6 Å². The monoisotopic (exact) mass is 298 g/mol. The molecule has 0 fully saturated rings. The summed E-state index contributed by atoms with van der Waals surface area (Å²) in [6.07, 6.45) is -0.127. The van der Waals surface area contributed by atoms with E-state index in [-0.39, 0.29) is 30.4 Å². The van der Waals surface area contributed by atoms with E-state index in [9.17, 15) is 18.4 Å². The van der Waals surface area contributed by atoms with Crippen LogP contribution in [-0.2, 0) is 4.79 Å². The number of amides is 1.